The van der Waals surface area contributed by atoms with Crippen LogP contribution in [0.25, 0.3) is 0 Å². The van der Waals surface area contributed by atoms with Crippen LogP contribution in [0.3, 0.4) is 0 Å². The number of benzene rings is 1. The van der Waals surface area contributed by atoms with E-state index in [1.165, 1.54) is 12.0 Å². The number of likely N-dealkylation sites (N-methyl/N-ethyl adjacent to an activating group) is 1. The fourth-order valence-electron chi connectivity index (χ4n) is 3.87. The maximum Gasteiger partial charge on any atom is 0.225 e. The summed E-state index contributed by atoms with van der Waals surface area (Å²) in [6, 6.07) is 11.0. The molecular formula is C19H29N3O. The molecule has 126 valence electrons. The molecule has 2 aliphatic rings. The zero-order valence-corrected chi connectivity index (χ0v) is 14.2. The van der Waals surface area contributed by atoms with Crippen LogP contribution >= 0.6 is 0 Å². The third-order valence-electron chi connectivity index (χ3n) is 5.31. The van der Waals surface area contributed by atoms with E-state index >= 15 is 0 Å². The fourth-order valence-corrected chi connectivity index (χ4v) is 3.87. The molecule has 0 spiro atoms. The predicted octanol–water partition coefficient (Wildman–Crippen LogP) is 2.11. The van der Waals surface area contributed by atoms with Gasteiger partial charge in [-0.1, -0.05) is 30.3 Å². The van der Waals surface area contributed by atoms with Gasteiger partial charge >= 0.3 is 0 Å². The summed E-state index contributed by atoms with van der Waals surface area (Å²) < 4.78 is 0. The predicted molar refractivity (Wildman–Crippen MR) is 93.1 cm³/mol. The first kappa shape index (κ1) is 16.5. The van der Waals surface area contributed by atoms with Crippen molar-refractivity contribution in [1.82, 2.24) is 15.1 Å². The van der Waals surface area contributed by atoms with Crippen molar-refractivity contribution >= 4 is 5.91 Å². The quantitative estimate of drug-likeness (QED) is 0.924. The minimum Gasteiger partial charge on any atom is -0.341 e. The van der Waals surface area contributed by atoms with E-state index in [0.717, 1.165) is 52.0 Å². The molecule has 2 aliphatic heterocycles. The number of nitrogens with one attached hydrogen (secondary N) is 1. The van der Waals surface area contributed by atoms with E-state index in [0.29, 0.717) is 11.9 Å². The van der Waals surface area contributed by atoms with Gasteiger partial charge in [0.25, 0.3) is 0 Å². The SMILES string of the molecule is CN(C(=O)C1CCNCC1)C1CCCN(Cc2ccccc2)C1. The molecule has 1 unspecified atom stereocenters. The van der Waals surface area contributed by atoms with E-state index in [1.807, 2.05) is 11.9 Å². The topological polar surface area (TPSA) is 35.6 Å². The van der Waals surface area contributed by atoms with E-state index in [1.54, 1.807) is 0 Å². The van der Waals surface area contributed by atoms with Gasteiger partial charge in [0, 0.05) is 32.1 Å². The summed E-state index contributed by atoms with van der Waals surface area (Å²) in [4.78, 5) is 17.3. The summed E-state index contributed by atoms with van der Waals surface area (Å²) in [5, 5.41) is 3.34. The number of carbonyl (C=O) groups is 1. The van der Waals surface area contributed by atoms with Crippen molar-refractivity contribution in [2.24, 2.45) is 5.92 Å². The van der Waals surface area contributed by atoms with Crippen molar-refractivity contribution in [1.29, 1.82) is 0 Å². The molecule has 0 aliphatic carbocycles. The lowest BCUT2D eigenvalue weighted by Gasteiger charge is -2.39. The number of likely N-dealkylation sites (tertiary alicyclic amines) is 1. The van der Waals surface area contributed by atoms with Crippen LogP contribution in [0.2, 0.25) is 0 Å². The van der Waals surface area contributed by atoms with Crippen molar-refractivity contribution in [2.75, 3.05) is 33.2 Å². The Morgan fingerprint density at radius 1 is 1.22 bits per heavy atom. The first-order valence-electron chi connectivity index (χ1n) is 8.97. The van der Waals surface area contributed by atoms with Crippen molar-refractivity contribution in [3.63, 3.8) is 0 Å². The maximum absolute atomic E-state index is 12.7. The standard InChI is InChI=1S/C19H29N3O/c1-21(19(23)17-9-11-20-12-10-17)18-8-5-13-22(15-18)14-16-6-3-2-4-7-16/h2-4,6-7,17-18,20H,5,8-15H2,1H3. The maximum atomic E-state index is 12.7. The van der Waals surface area contributed by atoms with Gasteiger partial charge in [-0.2, -0.15) is 0 Å². The molecule has 2 fully saturated rings. The average Bonchev–Trinajstić information content (AvgIpc) is 2.62. The fraction of sp³-hybridized carbons (Fsp3) is 0.632. The van der Waals surface area contributed by atoms with Gasteiger partial charge in [-0.3, -0.25) is 9.69 Å². The summed E-state index contributed by atoms with van der Waals surface area (Å²) in [6.45, 7) is 5.10. The Morgan fingerprint density at radius 2 is 1.96 bits per heavy atom. The first-order chi connectivity index (χ1) is 11.2. The van der Waals surface area contributed by atoms with Gasteiger partial charge in [-0.05, 0) is 50.9 Å². The highest BCUT2D eigenvalue weighted by Gasteiger charge is 2.30. The van der Waals surface area contributed by atoms with E-state index in [-0.39, 0.29) is 5.92 Å². The first-order valence-corrected chi connectivity index (χ1v) is 8.97. The number of nitrogens with zero attached hydrogens (tertiary/aromatic N) is 2. The van der Waals surface area contributed by atoms with Crippen molar-refractivity contribution in [2.45, 2.75) is 38.3 Å². The molecule has 0 radical (unpaired) electrons. The number of hydrogen-bond acceptors (Lipinski definition) is 3. The van der Waals surface area contributed by atoms with Crippen LogP contribution in [-0.4, -0.2) is 55.0 Å². The number of hydrogen-bond donors (Lipinski definition) is 1. The molecule has 1 atom stereocenters. The largest absolute Gasteiger partial charge is 0.341 e. The molecule has 3 rings (SSSR count). The normalized spacial score (nSPS) is 23.6. The number of carbonyl (C=O) groups excluding carboxylic acids is 1. The molecule has 2 saturated heterocycles. The molecule has 4 heteroatoms. The van der Waals surface area contributed by atoms with Gasteiger partial charge in [-0.15, -0.1) is 0 Å². The molecule has 0 saturated carbocycles. The monoisotopic (exact) mass is 315 g/mol. The molecule has 1 aromatic carbocycles. The summed E-state index contributed by atoms with van der Waals surface area (Å²) in [5.74, 6) is 0.587. The highest BCUT2D eigenvalue weighted by molar-refractivity contribution is 5.79. The van der Waals surface area contributed by atoms with E-state index in [4.69, 9.17) is 0 Å². The molecule has 1 amide bonds. The summed E-state index contributed by atoms with van der Waals surface area (Å²) in [6.07, 6.45) is 4.30. The van der Waals surface area contributed by atoms with Crippen LogP contribution in [0.5, 0.6) is 0 Å². The molecule has 4 nitrogen and oxygen atoms in total. The minimum absolute atomic E-state index is 0.228. The third kappa shape index (κ3) is 4.33. The molecule has 1 N–H and O–H groups in total. The number of amides is 1. The van der Waals surface area contributed by atoms with Crippen LogP contribution in [0.1, 0.15) is 31.2 Å². The van der Waals surface area contributed by atoms with Crippen molar-refractivity contribution < 1.29 is 4.79 Å². The van der Waals surface area contributed by atoms with Crippen LogP contribution in [0.4, 0.5) is 0 Å². The third-order valence-corrected chi connectivity index (χ3v) is 5.31. The Bertz CT molecular complexity index is 499. The lowest BCUT2D eigenvalue weighted by Crippen LogP contribution is -2.50. The highest BCUT2D eigenvalue weighted by Crippen LogP contribution is 2.21. The van der Waals surface area contributed by atoms with Gasteiger partial charge < -0.3 is 10.2 Å². The molecule has 0 aromatic heterocycles. The Hall–Kier alpha value is -1.39. The van der Waals surface area contributed by atoms with Crippen molar-refractivity contribution in [3.05, 3.63) is 35.9 Å². The van der Waals surface area contributed by atoms with Gasteiger partial charge in [-0.25, -0.2) is 0 Å². The summed E-state index contributed by atoms with van der Waals surface area (Å²) in [7, 11) is 2.01. The van der Waals surface area contributed by atoms with Gasteiger partial charge in [0.15, 0.2) is 0 Å². The minimum atomic E-state index is 0.228. The van der Waals surface area contributed by atoms with Gasteiger partial charge in [0.05, 0.1) is 0 Å². The van der Waals surface area contributed by atoms with E-state index < -0.39 is 0 Å². The lowest BCUT2D eigenvalue weighted by molar-refractivity contribution is -0.138. The highest BCUT2D eigenvalue weighted by atomic mass is 16.2. The molecule has 1 aromatic rings. The molecular weight excluding hydrogens is 286 g/mol. The zero-order chi connectivity index (χ0) is 16.1. The molecule has 2 heterocycles. The molecule has 23 heavy (non-hydrogen) atoms. The Morgan fingerprint density at radius 3 is 2.70 bits per heavy atom. The Balaban J connectivity index is 1.55. The Kier molecular flexibility index (Phi) is 5.68. The smallest absolute Gasteiger partial charge is 0.225 e. The second-order valence-electron chi connectivity index (χ2n) is 6.99. The van der Waals surface area contributed by atoms with Crippen LogP contribution < -0.4 is 5.32 Å². The second kappa shape index (κ2) is 7.93. The molecule has 0 bridgehead atoms. The number of rotatable bonds is 4. The van der Waals surface area contributed by atoms with Gasteiger partial charge in [0.1, 0.15) is 0 Å². The number of piperidine rings is 2. The summed E-state index contributed by atoms with van der Waals surface area (Å²) in [5.41, 5.74) is 1.36. The van der Waals surface area contributed by atoms with E-state index in [2.05, 4.69) is 40.5 Å². The van der Waals surface area contributed by atoms with Crippen LogP contribution in [-0.2, 0) is 11.3 Å². The Labute approximate surface area is 139 Å². The lowest BCUT2D eigenvalue weighted by atomic mass is 9.95. The van der Waals surface area contributed by atoms with Crippen molar-refractivity contribution in [3.8, 4) is 0 Å². The average molecular weight is 315 g/mol. The second-order valence-corrected chi connectivity index (χ2v) is 6.99. The van der Waals surface area contributed by atoms with E-state index in [9.17, 15) is 4.79 Å². The summed E-state index contributed by atoms with van der Waals surface area (Å²) >= 11 is 0. The van der Waals surface area contributed by atoms with Crippen LogP contribution in [0.15, 0.2) is 30.3 Å². The van der Waals surface area contributed by atoms with Crippen LogP contribution in [0, 0.1) is 5.92 Å². The zero-order valence-electron chi connectivity index (χ0n) is 14.2. The van der Waals surface area contributed by atoms with Gasteiger partial charge in [0.2, 0.25) is 5.91 Å².